The number of nitrogens with one attached hydrogen (secondary N) is 3. The standard InChI is InChI=1S/C20H30N4O5S2/c1-12(22-18(26)14(21)11-30)17(25)23-15(8-9-31-2)19(27)24-16(20(28)29)10-13-6-4-3-5-7-13/h3-7,12,14-16,30H,8-11,21H2,1-2H3,(H,22,26)(H,23,25)(H,24,27)(H,28,29). The van der Waals surface area contributed by atoms with Crippen LogP contribution in [0.5, 0.6) is 0 Å². The van der Waals surface area contributed by atoms with Crippen LogP contribution in [0.3, 0.4) is 0 Å². The predicted octanol–water partition coefficient (Wildman–Crippen LogP) is -0.202. The zero-order chi connectivity index (χ0) is 23.4. The van der Waals surface area contributed by atoms with Crippen molar-refractivity contribution in [3.8, 4) is 0 Å². The minimum absolute atomic E-state index is 0.110. The monoisotopic (exact) mass is 470 g/mol. The van der Waals surface area contributed by atoms with Crippen molar-refractivity contribution < 1.29 is 24.3 Å². The molecule has 4 unspecified atom stereocenters. The van der Waals surface area contributed by atoms with Crippen LogP contribution in [0.1, 0.15) is 18.9 Å². The molecule has 0 aromatic heterocycles. The molecule has 31 heavy (non-hydrogen) atoms. The van der Waals surface area contributed by atoms with Crippen LogP contribution in [0.2, 0.25) is 0 Å². The van der Waals surface area contributed by atoms with Gasteiger partial charge in [0, 0.05) is 12.2 Å². The van der Waals surface area contributed by atoms with Crippen molar-refractivity contribution in [1.82, 2.24) is 16.0 Å². The summed E-state index contributed by atoms with van der Waals surface area (Å²) in [6, 6.07) is 5.05. The number of amides is 3. The van der Waals surface area contributed by atoms with Crippen molar-refractivity contribution >= 4 is 48.1 Å². The Bertz CT molecular complexity index is 750. The Hall–Kier alpha value is -2.24. The van der Waals surface area contributed by atoms with Crippen LogP contribution in [0.15, 0.2) is 30.3 Å². The number of hydrogen-bond acceptors (Lipinski definition) is 7. The van der Waals surface area contributed by atoms with Crippen LogP contribution in [-0.2, 0) is 25.6 Å². The Labute approximate surface area is 191 Å². The predicted molar refractivity (Wildman–Crippen MR) is 124 cm³/mol. The molecule has 0 saturated heterocycles. The van der Waals surface area contributed by atoms with Gasteiger partial charge in [0.05, 0.1) is 6.04 Å². The molecule has 1 aromatic rings. The summed E-state index contributed by atoms with van der Waals surface area (Å²) in [4.78, 5) is 48.8. The molecule has 0 fully saturated rings. The van der Waals surface area contributed by atoms with Crippen LogP contribution in [0.4, 0.5) is 0 Å². The van der Waals surface area contributed by atoms with Crippen molar-refractivity contribution in [3.05, 3.63) is 35.9 Å². The van der Waals surface area contributed by atoms with E-state index in [2.05, 4.69) is 28.6 Å². The molecule has 0 aliphatic heterocycles. The third-order valence-electron chi connectivity index (χ3n) is 4.43. The van der Waals surface area contributed by atoms with Gasteiger partial charge in [-0.3, -0.25) is 14.4 Å². The van der Waals surface area contributed by atoms with Gasteiger partial charge in [-0.15, -0.1) is 0 Å². The second-order valence-corrected chi connectivity index (χ2v) is 8.30. The van der Waals surface area contributed by atoms with E-state index in [1.165, 1.54) is 18.7 Å². The van der Waals surface area contributed by atoms with Crippen molar-refractivity contribution in [2.45, 2.75) is 43.9 Å². The second kappa shape index (κ2) is 13.9. The lowest BCUT2D eigenvalue weighted by Crippen LogP contribution is -2.56. The summed E-state index contributed by atoms with van der Waals surface area (Å²) in [5.41, 5.74) is 6.34. The smallest absolute Gasteiger partial charge is 0.326 e. The topological polar surface area (TPSA) is 151 Å². The minimum Gasteiger partial charge on any atom is -0.480 e. The third-order valence-corrected chi connectivity index (χ3v) is 5.46. The summed E-state index contributed by atoms with van der Waals surface area (Å²) in [6.45, 7) is 1.47. The summed E-state index contributed by atoms with van der Waals surface area (Å²) < 4.78 is 0. The number of carboxylic acids is 1. The molecule has 0 aliphatic rings. The zero-order valence-corrected chi connectivity index (χ0v) is 19.2. The normalized spacial score (nSPS) is 14.6. The molecular weight excluding hydrogens is 440 g/mol. The highest BCUT2D eigenvalue weighted by molar-refractivity contribution is 7.98. The summed E-state index contributed by atoms with van der Waals surface area (Å²) in [6.07, 6.45) is 2.26. The average molecular weight is 471 g/mol. The quantitative estimate of drug-likeness (QED) is 0.219. The van der Waals surface area contributed by atoms with Gasteiger partial charge in [0.25, 0.3) is 0 Å². The molecule has 0 radical (unpaired) electrons. The molecule has 172 valence electrons. The number of thioether (sulfide) groups is 1. The zero-order valence-electron chi connectivity index (χ0n) is 17.5. The molecule has 0 bridgehead atoms. The number of thiol groups is 1. The molecule has 0 heterocycles. The maximum absolute atomic E-state index is 12.8. The fraction of sp³-hybridized carbons (Fsp3) is 0.500. The lowest BCUT2D eigenvalue weighted by molar-refractivity contribution is -0.142. The largest absolute Gasteiger partial charge is 0.480 e. The Morgan fingerprint density at radius 1 is 1.03 bits per heavy atom. The fourth-order valence-electron chi connectivity index (χ4n) is 2.59. The maximum atomic E-state index is 12.8. The minimum atomic E-state index is -1.17. The first-order valence-electron chi connectivity index (χ1n) is 9.72. The van der Waals surface area contributed by atoms with Gasteiger partial charge in [-0.2, -0.15) is 24.4 Å². The summed E-state index contributed by atoms with van der Waals surface area (Å²) >= 11 is 5.43. The summed E-state index contributed by atoms with van der Waals surface area (Å²) in [5.74, 6) is -2.19. The van der Waals surface area contributed by atoms with Gasteiger partial charge in [-0.25, -0.2) is 4.79 Å². The number of aliphatic carboxylic acids is 1. The van der Waals surface area contributed by atoms with E-state index in [4.69, 9.17) is 5.73 Å². The van der Waals surface area contributed by atoms with E-state index in [0.717, 1.165) is 5.56 Å². The van der Waals surface area contributed by atoms with Gasteiger partial charge in [0.15, 0.2) is 0 Å². The van der Waals surface area contributed by atoms with E-state index < -0.39 is 47.9 Å². The number of carboxylic acid groups (broad SMARTS) is 1. The molecule has 6 N–H and O–H groups in total. The highest BCUT2D eigenvalue weighted by atomic mass is 32.2. The number of hydrogen-bond donors (Lipinski definition) is 6. The molecule has 0 aliphatic carbocycles. The number of carbonyl (C=O) groups is 4. The highest BCUT2D eigenvalue weighted by Gasteiger charge is 2.28. The molecule has 1 aromatic carbocycles. The second-order valence-electron chi connectivity index (χ2n) is 6.95. The molecule has 0 spiro atoms. The van der Waals surface area contributed by atoms with Crippen molar-refractivity contribution in [2.24, 2.45) is 5.73 Å². The molecule has 0 saturated carbocycles. The first-order valence-corrected chi connectivity index (χ1v) is 11.7. The van der Waals surface area contributed by atoms with E-state index in [1.807, 2.05) is 12.3 Å². The van der Waals surface area contributed by atoms with Gasteiger partial charge in [-0.1, -0.05) is 30.3 Å². The average Bonchev–Trinajstić information content (AvgIpc) is 2.75. The van der Waals surface area contributed by atoms with Crippen LogP contribution in [0, 0.1) is 0 Å². The first-order chi connectivity index (χ1) is 14.7. The lowest BCUT2D eigenvalue weighted by atomic mass is 10.1. The highest BCUT2D eigenvalue weighted by Crippen LogP contribution is 2.06. The van der Waals surface area contributed by atoms with Crippen molar-refractivity contribution in [3.63, 3.8) is 0 Å². The van der Waals surface area contributed by atoms with Gasteiger partial charge in [0.2, 0.25) is 17.7 Å². The van der Waals surface area contributed by atoms with Crippen LogP contribution < -0.4 is 21.7 Å². The summed E-state index contributed by atoms with van der Waals surface area (Å²) in [5, 5.41) is 17.1. The number of rotatable bonds is 13. The number of carbonyl (C=O) groups excluding carboxylic acids is 3. The van der Waals surface area contributed by atoms with Crippen LogP contribution in [0.25, 0.3) is 0 Å². The molecular formula is C20H30N4O5S2. The lowest BCUT2D eigenvalue weighted by Gasteiger charge is -2.23. The number of benzene rings is 1. The fourth-order valence-corrected chi connectivity index (χ4v) is 3.23. The Morgan fingerprint density at radius 3 is 2.19 bits per heavy atom. The van der Waals surface area contributed by atoms with Crippen molar-refractivity contribution in [2.75, 3.05) is 17.8 Å². The first kappa shape index (κ1) is 26.8. The molecule has 3 amide bonds. The van der Waals surface area contributed by atoms with Gasteiger partial charge in [-0.05, 0) is 30.9 Å². The van der Waals surface area contributed by atoms with Crippen molar-refractivity contribution in [1.29, 1.82) is 0 Å². The molecule has 9 nitrogen and oxygen atoms in total. The maximum Gasteiger partial charge on any atom is 0.326 e. The van der Waals surface area contributed by atoms with Gasteiger partial charge in [0.1, 0.15) is 18.1 Å². The Kier molecular flexibility index (Phi) is 12.1. The number of nitrogens with two attached hydrogens (primary N) is 1. The molecule has 1 rings (SSSR count). The van der Waals surface area contributed by atoms with E-state index >= 15 is 0 Å². The van der Waals surface area contributed by atoms with E-state index in [0.29, 0.717) is 12.2 Å². The van der Waals surface area contributed by atoms with E-state index in [-0.39, 0.29) is 12.2 Å². The van der Waals surface area contributed by atoms with Gasteiger partial charge < -0.3 is 26.8 Å². The van der Waals surface area contributed by atoms with Gasteiger partial charge >= 0.3 is 5.97 Å². The SMILES string of the molecule is CSCCC(NC(=O)C(C)NC(=O)C(N)CS)C(=O)NC(Cc1ccccc1)C(=O)O. The van der Waals surface area contributed by atoms with Crippen LogP contribution >= 0.6 is 24.4 Å². The molecule has 11 heteroatoms. The Balaban J connectivity index is 2.81. The Morgan fingerprint density at radius 2 is 1.65 bits per heavy atom. The third kappa shape index (κ3) is 9.62. The van der Waals surface area contributed by atoms with E-state index in [9.17, 15) is 24.3 Å². The van der Waals surface area contributed by atoms with E-state index in [1.54, 1.807) is 24.3 Å². The summed E-state index contributed by atoms with van der Waals surface area (Å²) in [7, 11) is 0. The van der Waals surface area contributed by atoms with Crippen LogP contribution in [-0.4, -0.2) is 70.7 Å². The molecule has 4 atom stereocenters.